The fraction of sp³-hybridized carbons (Fsp3) is 0.346. The number of fused-ring (bicyclic) bond motifs is 2. The molecule has 6 rings (SSSR count). The van der Waals surface area contributed by atoms with Gasteiger partial charge in [-0.25, -0.2) is 4.98 Å². The zero-order chi connectivity index (χ0) is 23.4. The molecule has 2 saturated heterocycles. The lowest BCUT2D eigenvalue weighted by molar-refractivity contribution is -0.134. The Hall–Kier alpha value is -3.65. The number of nitrogens with zero attached hydrogens (tertiary/aromatic N) is 5. The van der Waals surface area contributed by atoms with E-state index < -0.39 is 0 Å². The summed E-state index contributed by atoms with van der Waals surface area (Å²) < 4.78 is 8.19. The van der Waals surface area contributed by atoms with Crippen molar-refractivity contribution in [1.29, 1.82) is 0 Å². The van der Waals surface area contributed by atoms with E-state index >= 15 is 0 Å². The van der Waals surface area contributed by atoms with Gasteiger partial charge in [0.05, 0.1) is 11.9 Å². The van der Waals surface area contributed by atoms with Gasteiger partial charge in [-0.2, -0.15) is 5.10 Å². The summed E-state index contributed by atoms with van der Waals surface area (Å²) in [5, 5.41) is 7.87. The minimum absolute atomic E-state index is 0.0277. The van der Waals surface area contributed by atoms with E-state index in [2.05, 4.69) is 52.0 Å². The van der Waals surface area contributed by atoms with Crippen LogP contribution in [0.1, 0.15) is 30.1 Å². The Kier molecular flexibility index (Phi) is 4.91. The number of hydrogen-bond donors (Lipinski definition) is 1. The van der Waals surface area contributed by atoms with E-state index in [1.807, 2.05) is 36.6 Å². The Morgan fingerprint density at radius 1 is 1.24 bits per heavy atom. The Labute approximate surface area is 198 Å². The zero-order valence-corrected chi connectivity index (χ0v) is 19.4. The van der Waals surface area contributed by atoms with E-state index in [4.69, 9.17) is 4.74 Å². The van der Waals surface area contributed by atoms with Crippen molar-refractivity contribution in [3.63, 3.8) is 0 Å². The molecule has 0 saturated carbocycles. The van der Waals surface area contributed by atoms with Crippen LogP contribution in [-0.2, 0) is 11.8 Å². The van der Waals surface area contributed by atoms with Gasteiger partial charge in [0.15, 0.2) is 0 Å². The number of nitrogens with one attached hydrogen (secondary N) is 1. The minimum atomic E-state index is -0.155. The van der Waals surface area contributed by atoms with E-state index in [9.17, 15) is 4.79 Å². The van der Waals surface area contributed by atoms with Crippen molar-refractivity contribution in [2.75, 3.05) is 31.5 Å². The first kappa shape index (κ1) is 20.9. The van der Waals surface area contributed by atoms with Crippen LogP contribution >= 0.6 is 0 Å². The number of pyridine rings is 1. The van der Waals surface area contributed by atoms with Crippen molar-refractivity contribution in [2.24, 2.45) is 7.05 Å². The maximum absolute atomic E-state index is 11.7. The fourth-order valence-electron chi connectivity index (χ4n) is 5.19. The molecule has 8 heteroatoms. The first-order valence-corrected chi connectivity index (χ1v) is 11.7. The Balaban J connectivity index is 1.20. The van der Waals surface area contributed by atoms with Gasteiger partial charge in [-0.15, -0.1) is 0 Å². The molecular formula is C26H28N6O2. The van der Waals surface area contributed by atoms with Crippen molar-refractivity contribution in [3.8, 4) is 16.9 Å². The molecule has 2 aromatic heterocycles. The Morgan fingerprint density at radius 3 is 2.79 bits per heavy atom. The average Bonchev–Trinajstić information content (AvgIpc) is 3.14. The minimum Gasteiger partial charge on any atom is -0.484 e. The van der Waals surface area contributed by atoms with E-state index in [0.29, 0.717) is 12.0 Å². The molecule has 3 aliphatic heterocycles. The topological polar surface area (TPSA) is 75.5 Å². The number of hydrogen-bond acceptors (Lipinski definition) is 6. The third kappa shape index (κ3) is 3.45. The number of amides is 1. The van der Waals surface area contributed by atoms with Crippen molar-refractivity contribution in [3.05, 3.63) is 66.6 Å². The molecule has 0 spiro atoms. The first-order valence-electron chi connectivity index (χ1n) is 11.7. The van der Waals surface area contributed by atoms with Crippen molar-refractivity contribution in [2.45, 2.75) is 25.0 Å². The van der Waals surface area contributed by atoms with E-state index in [1.54, 1.807) is 4.68 Å². The zero-order valence-electron chi connectivity index (χ0n) is 19.4. The van der Waals surface area contributed by atoms with Crippen LogP contribution in [0, 0.1) is 0 Å². The normalized spacial score (nSPS) is 20.2. The lowest BCUT2D eigenvalue weighted by Gasteiger charge is -2.51. The van der Waals surface area contributed by atoms with Gasteiger partial charge in [0, 0.05) is 68.7 Å². The van der Waals surface area contributed by atoms with Crippen LogP contribution in [0.4, 0.5) is 11.5 Å². The number of aromatic nitrogens is 3. The Morgan fingerprint density at radius 2 is 2.06 bits per heavy atom. The molecule has 3 aromatic rings. The number of carbonyl (C=O) groups is 1. The van der Waals surface area contributed by atoms with Gasteiger partial charge in [-0.05, 0) is 42.3 Å². The number of benzene rings is 1. The number of aryl methyl sites for hydroxylation is 1. The van der Waals surface area contributed by atoms with Crippen molar-refractivity contribution >= 4 is 17.4 Å². The summed E-state index contributed by atoms with van der Waals surface area (Å²) in [5.74, 6) is 2.16. The molecule has 5 heterocycles. The summed E-state index contributed by atoms with van der Waals surface area (Å²) in [7, 11) is 1.92. The van der Waals surface area contributed by atoms with Gasteiger partial charge in [0.25, 0.3) is 0 Å². The second kappa shape index (κ2) is 7.99. The predicted molar refractivity (Wildman–Crippen MR) is 130 cm³/mol. The maximum atomic E-state index is 11.7. The molecule has 8 nitrogen and oxygen atoms in total. The third-order valence-electron chi connectivity index (χ3n) is 7.22. The molecule has 174 valence electrons. The standard InChI is InChI=1S/C26H28N6O2/c1-4-24(33)32-14-20(15-32)31-12-19(13-31)17-5-6-23-22(9-17)29-26-25(16(2)34-23)21(7-8-27-26)18-10-28-30(3)11-18/h4-11,16,19-20H,1,12-15H2,2-3H3,(H,27,29). The lowest BCUT2D eigenvalue weighted by atomic mass is 9.88. The molecule has 3 aliphatic rings. The molecule has 1 N–H and O–H groups in total. The molecule has 34 heavy (non-hydrogen) atoms. The molecule has 1 amide bonds. The van der Waals surface area contributed by atoms with Crippen LogP contribution in [0.5, 0.6) is 5.75 Å². The van der Waals surface area contributed by atoms with Crippen LogP contribution in [0.25, 0.3) is 11.1 Å². The number of likely N-dealkylation sites (tertiary alicyclic amines) is 2. The van der Waals surface area contributed by atoms with Gasteiger partial charge in [0.2, 0.25) is 5.91 Å². The monoisotopic (exact) mass is 456 g/mol. The summed E-state index contributed by atoms with van der Waals surface area (Å²) in [5.41, 5.74) is 5.40. The molecule has 1 atom stereocenters. The molecule has 0 aliphatic carbocycles. The van der Waals surface area contributed by atoms with Gasteiger partial charge >= 0.3 is 0 Å². The molecule has 0 radical (unpaired) electrons. The largest absolute Gasteiger partial charge is 0.484 e. The molecule has 1 unspecified atom stereocenters. The summed E-state index contributed by atoms with van der Waals surface area (Å²) in [6.45, 7) is 9.26. The van der Waals surface area contributed by atoms with Gasteiger partial charge in [-0.3, -0.25) is 14.4 Å². The molecule has 1 aromatic carbocycles. The molecule has 0 bridgehead atoms. The predicted octanol–water partition coefficient (Wildman–Crippen LogP) is 3.48. The van der Waals surface area contributed by atoms with Gasteiger partial charge in [-0.1, -0.05) is 12.6 Å². The maximum Gasteiger partial charge on any atom is 0.246 e. The quantitative estimate of drug-likeness (QED) is 0.606. The van der Waals surface area contributed by atoms with E-state index in [0.717, 1.165) is 60.1 Å². The van der Waals surface area contributed by atoms with Gasteiger partial charge < -0.3 is 15.0 Å². The second-order valence-electron chi connectivity index (χ2n) is 9.42. The average molecular weight is 457 g/mol. The fourth-order valence-corrected chi connectivity index (χ4v) is 5.19. The van der Waals surface area contributed by atoms with Crippen LogP contribution in [0.2, 0.25) is 0 Å². The summed E-state index contributed by atoms with van der Waals surface area (Å²) >= 11 is 0. The van der Waals surface area contributed by atoms with Crippen LogP contribution in [0.15, 0.2) is 55.5 Å². The third-order valence-corrected chi connectivity index (χ3v) is 7.22. The number of rotatable bonds is 4. The lowest BCUT2D eigenvalue weighted by Crippen LogP contribution is -2.65. The van der Waals surface area contributed by atoms with E-state index in [-0.39, 0.29) is 12.0 Å². The van der Waals surface area contributed by atoms with E-state index in [1.165, 1.54) is 11.6 Å². The highest BCUT2D eigenvalue weighted by Gasteiger charge is 2.40. The smallest absolute Gasteiger partial charge is 0.246 e. The summed E-state index contributed by atoms with van der Waals surface area (Å²) in [6.07, 6.45) is 6.95. The summed E-state index contributed by atoms with van der Waals surface area (Å²) in [6, 6.07) is 8.93. The van der Waals surface area contributed by atoms with Crippen LogP contribution < -0.4 is 10.1 Å². The van der Waals surface area contributed by atoms with Crippen molar-refractivity contribution in [1.82, 2.24) is 24.6 Å². The highest BCUT2D eigenvalue weighted by atomic mass is 16.5. The van der Waals surface area contributed by atoms with Crippen molar-refractivity contribution < 1.29 is 9.53 Å². The first-order chi connectivity index (χ1) is 16.5. The van der Waals surface area contributed by atoms with Crippen LogP contribution in [0.3, 0.4) is 0 Å². The molecule has 2 fully saturated rings. The second-order valence-corrected chi connectivity index (χ2v) is 9.42. The highest BCUT2D eigenvalue weighted by Crippen LogP contribution is 2.43. The highest BCUT2D eigenvalue weighted by molar-refractivity contribution is 5.87. The molecular weight excluding hydrogens is 428 g/mol. The SMILES string of the molecule is C=CC(=O)N1CC(N2CC(c3ccc4c(c3)Nc3nccc(-c5cnn(C)c5)c3C(C)O4)C2)C1. The van der Waals surface area contributed by atoms with Crippen LogP contribution in [-0.4, -0.2) is 62.7 Å². The van der Waals surface area contributed by atoms with Gasteiger partial charge in [0.1, 0.15) is 17.7 Å². The number of anilines is 2. The summed E-state index contributed by atoms with van der Waals surface area (Å²) in [4.78, 5) is 20.7. The number of carbonyl (C=O) groups excluding carboxylic acids is 1. The number of ether oxygens (including phenoxy) is 1. The Bertz CT molecular complexity index is 1270.